The third kappa shape index (κ3) is 3.51. The molecule has 9 nitrogen and oxygen atoms in total. The normalized spacial score (nSPS) is 13.8. The molecule has 144 valence electrons. The van der Waals surface area contributed by atoms with E-state index in [2.05, 4.69) is 19.9 Å². The number of carbonyl (C=O) groups is 1. The smallest absolute Gasteiger partial charge is 0.266 e. The van der Waals surface area contributed by atoms with E-state index in [-0.39, 0.29) is 36.1 Å². The number of hydrogen-bond acceptors (Lipinski definition) is 7. The molecule has 0 unspecified atom stereocenters. The molecular formula is C18H17N5O4S. The Morgan fingerprint density at radius 1 is 1.21 bits per heavy atom. The van der Waals surface area contributed by atoms with E-state index in [4.69, 9.17) is 4.42 Å². The molecule has 1 amide bonds. The first kappa shape index (κ1) is 18.3. The van der Waals surface area contributed by atoms with Crippen LogP contribution in [0, 0.1) is 0 Å². The highest BCUT2D eigenvalue weighted by Gasteiger charge is 2.26. The van der Waals surface area contributed by atoms with Gasteiger partial charge in [0.15, 0.2) is 0 Å². The number of likely N-dealkylation sites (N-methyl/N-ethyl adjacent to an activating group) is 1. The molecule has 0 saturated carbocycles. The van der Waals surface area contributed by atoms with Gasteiger partial charge in [0.1, 0.15) is 5.69 Å². The van der Waals surface area contributed by atoms with E-state index in [0.717, 1.165) is 5.69 Å². The molecule has 28 heavy (non-hydrogen) atoms. The molecule has 1 aromatic carbocycles. The van der Waals surface area contributed by atoms with Crippen LogP contribution in [0.2, 0.25) is 0 Å². The van der Waals surface area contributed by atoms with Crippen molar-refractivity contribution >= 4 is 21.6 Å². The number of benzene rings is 1. The summed E-state index contributed by atoms with van der Waals surface area (Å²) in [5.41, 5.74) is 1.99. The van der Waals surface area contributed by atoms with Gasteiger partial charge in [0.25, 0.3) is 5.89 Å². The molecule has 4 rings (SSSR count). The molecule has 0 fully saturated rings. The number of aromatic nitrogens is 3. The van der Waals surface area contributed by atoms with E-state index in [1.807, 2.05) is 6.07 Å². The van der Waals surface area contributed by atoms with Crippen LogP contribution in [-0.2, 0) is 27.7 Å². The van der Waals surface area contributed by atoms with Gasteiger partial charge in [-0.2, -0.15) is 0 Å². The lowest BCUT2D eigenvalue weighted by atomic mass is 10.2. The zero-order valence-electron chi connectivity index (χ0n) is 15.0. The van der Waals surface area contributed by atoms with E-state index in [0.29, 0.717) is 17.1 Å². The summed E-state index contributed by atoms with van der Waals surface area (Å²) in [6.45, 7) is 0.0993. The van der Waals surface area contributed by atoms with Crippen molar-refractivity contribution in [2.45, 2.75) is 17.7 Å². The van der Waals surface area contributed by atoms with Crippen LogP contribution in [0.5, 0.6) is 0 Å². The molecule has 10 heteroatoms. The highest BCUT2D eigenvalue weighted by molar-refractivity contribution is 7.89. The maximum atomic E-state index is 12.5. The van der Waals surface area contributed by atoms with Crippen molar-refractivity contribution in [3.05, 3.63) is 54.0 Å². The van der Waals surface area contributed by atoms with Crippen molar-refractivity contribution in [3.8, 4) is 11.6 Å². The van der Waals surface area contributed by atoms with E-state index in [1.54, 1.807) is 31.4 Å². The molecule has 0 aliphatic carbocycles. The van der Waals surface area contributed by atoms with Crippen LogP contribution < -0.4 is 9.62 Å². The third-order valence-corrected chi connectivity index (χ3v) is 5.88. The lowest BCUT2D eigenvalue weighted by molar-refractivity contribution is -0.117. The Balaban J connectivity index is 1.41. The first-order valence-corrected chi connectivity index (χ1v) is 10.1. The van der Waals surface area contributed by atoms with Gasteiger partial charge in [0, 0.05) is 31.9 Å². The highest BCUT2D eigenvalue weighted by atomic mass is 32.2. The van der Waals surface area contributed by atoms with Gasteiger partial charge in [-0.05, 0) is 35.9 Å². The minimum atomic E-state index is -3.71. The van der Waals surface area contributed by atoms with E-state index < -0.39 is 10.0 Å². The number of rotatable bonds is 6. The van der Waals surface area contributed by atoms with Gasteiger partial charge in [0.2, 0.25) is 21.8 Å². The van der Waals surface area contributed by atoms with E-state index in [1.165, 1.54) is 17.0 Å². The van der Waals surface area contributed by atoms with E-state index in [9.17, 15) is 13.2 Å². The van der Waals surface area contributed by atoms with Crippen LogP contribution in [0.15, 0.2) is 51.9 Å². The Bertz CT molecular complexity index is 1130. The molecule has 2 aromatic heterocycles. The SMILES string of the molecule is CN1C(=O)Cc2cc(S(=O)(=O)NCCc3nnc(-c4ccccn4)o3)ccc21. The Labute approximate surface area is 161 Å². The lowest BCUT2D eigenvalue weighted by Gasteiger charge is -2.11. The van der Waals surface area contributed by atoms with Gasteiger partial charge in [0.05, 0.1) is 11.3 Å². The van der Waals surface area contributed by atoms with Crippen LogP contribution in [0.3, 0.4) is 0 Å². The fourth-order valence-corrected chi connectivity index (χ4v) is 4.02. The first-order valence-electron chi connectivity index (χ1n) is 8.57. The maximum Gasteiger partial charge on any atom is 0.266 e. The summed E-state index contributed by atoms with van der Waals surface area (Å²) in [5.74, 6) is 0.535. The van der Waals surface area contributed by atoms with Gasteiger partial charge in [-0.3, -0.25) is 9.78 Å². The average Bonchev–Trinajstić information content (AvgIpc) is 3.27. The van der Waals surface area contributed by atoms with Crippen LogP contribution >= 0.6 is 0 Å². The molecule has 0 spiro atoms. The highest BCUT2D eigenvalue weighted by Crippen LogP contribution is 2.29. The molecule has 3 aromatic rings. The molecule has 0 saturated heterocycles. The van der Waals surface area contributed by atoms with Crippen molar-refractivity contribution in [3.63, 3.8) is 0 Å². The zero-order valence-corrected chi connectivity index (χ0v) is 15.8. The van der Waals surface area contributed by atoms with Gasteiger partial charge in [-0.25, -0.2) is 13.1 Å². The maximum absolute atomic E-state index is 12.5. The number of pyridine rings is 1. The standard InChI is InChI=1S/C18H17N5O4S/c1-23-15-6-5-13(10-12(15)11-17(23)24)28(25,26)20-9-7-16-21-22-18(27-16)14-4-2-3-8-19-14/h2-6,8,10,20H,7,9,11H2,1H3. The fraction of sp³-hybridized carbons (Fsp3) is 0.222. The number of anilines is 1. The summed E-state index contributed by atoms with van der Waals surface area (Å²) in [5, 5.41) is 7.83. The van der Waals surface area contributed by atoms with Gasteiger partial charge in [-0.1, -0.05) is 6.07 Å². The Hall–Kier alpha value is -3.11. The predicted octanol–water partition coefficient (Wildman–Crippen LogP) is 1.17. The Morgan fingerprint density at radius 2 is 2.07 bits per heavy atom. The quantitative estimate of drug-likeness (QED) is 0.661. The number of amides is 1. The number of sulfonamides is 1. The number of nitrogens with zero attached hydrogens (tertiary/aromatic N) is 4. The molecular weight excluding hydrogens is 382 g/mol. The topological polar surface area (TPSA) is 118 Å². The van der Waals surface area contributed by atoms with Gasteiger partial charge < -0.3 is 9.32 Å². The van der Waals surface area contributed by atoms with Crippen molar-refractivity contribution in [1.82, 2.24) is 19.9 Å². The third-order valence-electron chi connectivity index (χ3n) is 4.42. The van der Waals surface area contributed by atoms with Crippen LogP contribution in [0.1, 0.15) is 11.5 Å². The minimum absolute atomic E-state index is 0.0578. The summed E-state index contributed by atoms with van der Waals surface area (Å²) < 4.78 is 33.1. The van der Waals surface area contributed by atoms with Crippen LogP contribution in [-0.4, -0.2) is 43.1 Å². The molecule has 0 radical (unpaired) electrons. The summed E-state index contributed by atoms with van der Waals surface area (Å²) in [6.07, 6.45) is 2.06. The Morgan fingerprint density at radius 3 is 2.86 bits per heavy atom. The average molecular weight is 399 g/mol. The number of carbonyl (C=O) groups excluding carboxylic acids is 1. The minimum Gasteiger partial charge on any atom is -0.419 e. The summed E-state index contributed by atoms with van der Waals surface area (Å²) in [4.78, 5) is 17.5. The van der Waals surface area contributed by atoms with Crippen molar-refractivity contribution in [2.75, 3.05) is 18.5 Å². The lowest BCUT2D eigenvalue weighted by Crippen LogP contribution is -2.26. The van der Waals surface area contributed by atoms with Gasteiger partial charge in [-0.15, -0.1) is 10.2 Å². The monoisotopic (exact) mass is 399 g/mol. The summed E-state index contributed by atoms with van der Waals surface area (Å²) in [6, 6.07) is 10.00. The second-order valence-electron chi connectivity index (χ2n) is 6.28. The molecule has 1 N–H and O–H groups in total. The summed E-state index contributed by atoms with van der Waals surface area (Å²) in [7, 11) is -2.04. The Kier molecular flexibility index (Phi) is 4.65. The molecule has 3 heterocycles. The van der Waals surface area contributed by atoms with E-state index >= 15 is 0 Å². The van der Waals surface area contributed by atoms with Crippen LogP contribution in [0.25, 0.3) is 11.6 Å². The van der Waals surface area contributed by atoms with Crippen molar-refractivity contribution < 1.29 is 17.6 Å². The fourth-order valence-electron chi connectivity index (χ4n) is 2.94. The molecule has 0 atom stereocenters. The summed E-state index contributed by atoms with van der Waals surface area (Å²) >= 11 is 0. The van der Waals surface area contributed by atoms with Gasteiger partial charge >= 0.3 is 0 Å². The molecule has 1 aliphatic heterocycles. The largest absolute Gasteiger partial charge is 0.419 e. The molecule has 1 aliphatic rings. The second kappa shape index (κ2) is 7.13. The number of fused-ring (bicyclic) bond motifs is 1. The van der Waals surface area contributed by atoms with Crippen molar-refractivity contribution in [2.24, 2.45) is 0 Å². The van der Waals surface area contributed by atoms with Crippen molar-refractivity contribution in [1.29, 1.82) is 0 Å². The number of hydrogen-bond donors (Lipinski definition) is 1. The van der Waals surface area contributed by atoms with Crippen LogP contribution in [0.4, 0.5) is 5.69 Å². The predicted molar refractivity (Wildman–Crippen MR) is 100.0 cm³/mol. The zero-order chi connectivity index (χ0) is 19.7. The number of nitrogens with one attached hydrogen (secondary N) is 1. The first-order chi connectivity index (χ1) is 13.4. The second-order valence-corrected chi connectivity index (χ2v) is 8.05. The molecule has 0 bridgehead atoms.